The lowest BCUT2D eigenvalue weighted by Gasteiger charge is -2.06. The molecule has 0 amide bonds. The molecule has 2 heterocycles. The lowest BCUT2D eigenvalue weighted by atomic mass is 10.1. The van der Waals surface area contributed by atoms with Crippen molar-refractivity contribution in [1.82, 2.24) is 9.55 Å². The Balaban J connectivity index is 1.97. The van der Waals surface area contributed by atoms with Gasteiger partial charge in [0.2, 0.25) is 0 Å². The topological polar surface area (TPSA) is 34.9 Å². The zero-order valence-electron chi connectivity index (χ0n) is 11.6. The van der Waals surface area contributed by atoms with Gasteiger partial charge in [-0.05, 0) is 35.4 Å². The Kier molecular flexibility index (Phi) is 3.40. The van der Waals surface area contributed by atoms with E-state index in [4.69, 9.17) is 0 Å². The first-order valence-electron chi connectivity index (χ1n) is 6.70. The quantitative estimate of drug-likeness (QED) is 0.739. The predicted molar refractivity (Wildman–Crippen MR) is 83.5 cm³/mol. The molecule has 3 rings (SSSR count). The van der Waals surface area contributed by atoms with Crippen LogP contribution in [0.25, 0.3) is 10.2 Å². The third-order valence-corrected chi connectivity index (χ3v) is 4.58. The first-order valence-corrected chi connectivity index (χ1v) is 7.58. The molecule has 102 valence electrons. The molecule has 3 nitrogen and oxygen atoms in total. The predicted octanol–water partition coefficient (Wildman–Crippen LogP) is 3.38. The molecular formula is C16H16N2OS. The van der Waals surface area contributed by atoms with Crippen molar-refractivity contribution in [3.05, 3.63) is 63.0 Å². The number of hydrogen-bond donors (Lipinski definition) is 0. The van der Waals surface area contributed by atoms with Crippen molar-refractivity contribution in [2.45, 2.75) is 26.8 Å². The van der Waals surface area contributed by atoms with Crippen LogP contribution in [0, 0.1) is 6.92 Å². The standard InChI is InChI=1S/C16H16N2OS/c1-3-12-4-6-13(7-5-12)8-18-10-17-14-11(2)9-20-15(14)16(18)19/h4-7,9-10H,3,8H2,1-2H3. The summed E-state index contributed by atoms with van der Waals surface area (Å²) in [6, 6.07) is 8.38. The van der Waals surface area contributed by atoms with Crippen molar-refractivity contribution >= 4 is 21.6 Å². The molecule has 0 N–H and O–H groups in total. The minimum absolute atomic E-state index is 0.0488. The summed E-state index contributed by atoms with van der Waals surface area (Å²) < 4.78 is 2.43. The molecule has 20 heavy (non-hydrogen) atoms. The number of aryl methyl sites for hydroxylation is 2. The average molecular weight is 284 g/mol. The van der Waals surface area contributed by atoms with Crippen LogP contribution in [0.1, 0.15) is 23.6 Å². The molecule has 4 heteroatoms. The van der Waals surface area contributed by atoms with Crippen LogP contribution < -0.4 is 5.56 Å². The second-order valence-electron chi connectivity index (χ2n) is 4.94. The SMILES string of the molecule is CCc1ccc(Cn2cnc3c(C)csc3c2=O)cc1. The van der Waals surface area contributed by atoms with Crippen molar-refractivity contribution in [2.24, 2.45) is 0 Å². The normalized spacial score (nSPS) is 11.1. The van der Waals surface area contributed by atoms with E-state index in [9.17, 15) is 4.79 Å². The van der Waals surface area contributed by atoms with E-state index in [1.807, 2.05) is 12.3 Å². The highest BCUT2D eigenvalue weighted by Gasteiger charge is 2.08. The van der Waals surface area contributed by atoms with Crippen LogP contribution in [0.5, 0.6) is 0 Å². The molecule has 0 radical (unpaired) electrons. The van der Waals surface area contributed by atoms with Gasteiger partial charge in [-0.1, -0.05) is 31.2 Å². The lowest BCUT2D eigenvalue weighted by molar-refractivity contribution is 0.749. The molecule has 0 saturated heterocycles. The number of aromatic nitrogens is 2. The number of nitrogens with zero attached hydrogens (tertiary/aromatic N) is 2. The molecule has 0 spiro atoms. The van der Waals surface area contributed by atoms with Gasteiger partial charge in [0.1, 0.15) is 4.70 Å². The van der Waals surface area contributed by atoms with Crippen LogP contribution >= 0.6 is 11.3 Å². The summed E-state index contributed by atoms with van der Waals surface area (Å²) in [5.74, 6) is 0. The number of thiophene rings is 1. The van der Waals surface area contributed by atoms with Gasteiger partial charge in [-0.2, -0.15) is 0 Å². The highest BCUT2D eigenvalue weighted by molar-refractivity contribution is 7.17. The van der Waals surface area contributed by atoms with E-state index >= 15 is 0 Å². The molecule has 0 bridgehead atoms. The Morgan fingerprint density at radius 1 is 1.20 bits per heavy atom. The van der Waals surface area contributed by atoms with Gasteiger partial charge >= 0.3 is 0 Å². The Hall–Kier alpha value is -1.94. The van der Waals surface area contributed by atoms with Crippen LogP contribution in [-0.2, 0) is 13.0 Å². The second kappa shape index (κ2) is 5.21. The Bertz CT molecular complexity index is 799. The number of hydrogen-bond acceptors (Lipinski definition) is 3. The maximum Gasteiger partial charge on any atom is 0.271 e. The summed E-state index contributed by atoms with van der Waals surface area (Å²) in [5.41, 5.74) is 4.38. The van der Waals surface area contributed by atoms with E-state index in [2.05, 4.69) is 36.2 Å². The van der Waals surface area contributed by atoms with Gasteiger partial charge in [-0.15, -0.1) is 11.3 Å². The fourth-order valence-electron chi connectivity index (χ4n) is 2.25. The summed E-state index contributed by atoms with van der Waals surface area (Å²) in [6.45, 7) is 4.69. The van der Waals surface area contributed by atoms with Gasteiger partial charge in [0, 0.05) is 0 Å². The zero-order chi connectivity index (χ0) is 14.1. The molecule has 0 unspecified atom stereocenters. The molecule has 0 saturated carbocycles. The van der Waals surface area contributed by atoms with Gasteiger partial charge in [0.05, 0.1) is 18.4 Å². The van der Waals surface area contributed by atoms with Crippen molar-refractivity contribution in [3.8, 4) is 0 Å². The largest absolute Gasteiger partial charge is 0.294 e. The molecule has 0 aliphatic heterocycles. The summed E-state index contributed by atoms with van der Waals surface area (Å²) in [4.78, 5) is 16.8. The Labute approximate surface area is 121 Å². The van der Waals surface area contributed by atoms with Crippen LogP contribution in [0.4, 0.5) is 0 Å². The Morgan fingerprint density at radius 3 is 2.60 bits per heavy atom. The molecule has 0 aliphatic carbocycles. The lowest BCUT2D eigenvalue weighted by Crippen LogP contribution is -2.20. The average Bonchev–Trinajstić information content (AvgIpc) is 2.85. The van der Waals surface area contributed by atoms with Crippen LogP contribution in [0.2, 0.25) is 0 Å². The second-order valence-corrected chi connectivity index (χ2v) is 5.82. The van der Waals surface area contributed by atoms with Crippen LogP contribution in [-0.4, -0.2) is 9.55 Å². The molecule has 0 aliphatic rings. The molecular weight excluding hydrogens is 268 g/mol. The monoisotopic (exact) mass is 284 g/mol. The number of rotatable bonds is 3. The minimum atomic E-state index is 0.0488. The molecule has 2 aromatic heterocycles. The third-order valence-electron chi connectivity index (χ3n) is 3.51. The minimum Gasteiger partial charge on any atom is -0.294 e. The first-order chi connectivity index (χ1) is 9.69. The third kappa shape index (κ3) is 2.27. The van der Waals surface area contributed by atoms with E-state index < -0.39 is 0 Å². The zero-order valence-corrected chi connectivity index (χ0v) is 12.4. The highest BCUT2D eigenvalue weighted by Crippen LogP contribution is 2.19. The molecule has 0 fully saturated rings. The molecule has 1 aromatic carbocycles. The highest BCUT2D eigenvalue weighted by atomic mass is 32.1. The summed E-state index contributed by atoms with van der Waals surface area (Å²) >= 11 is 1.48. The first kappa shape index (κ1) is 13.1. The fourth-order valence-corrected chi connectivity index (χ4v) is 3.20. The van der Waals surface area contributed by atoms with Gasteiger partial charge < -0.3 is 0 Å². The van der Waals surface area contributed by atoms with E-state index in [-0.39, 0.29) is 5.56 Å². The van der Waals surface area contributed by atoms with Gasteiger partial charge in [-0.3, -0.25) is 9.36 Å². The van der Waals surface area contributed by atoms with Crippen molar-refractivity contribution in [3.63, 3.8) is 0 Å². The van der Waals surface area contributed by atoms with Crippen molar-refractivity contribution in [1.29, 1.82) is 0 Å². The Morgan fingerprint density at radius 2 is 1.90 bits per heavy atom. The maximum atomic E-state index is 12.4. The molecule has 0 atom stereocenters. The summed E-state index contributed by atoms with van der Waals surface area (Å²) in [7, 11) is 0. The van der Waals surface area contributed by atoms with E-state index in [1.165, 1.54) is 16.9 Å². The van der Waals surface area contributed by atoms with Crippen LogP contribution in [0.15, 0.2) is 40.8 Å². The van der Waals surface area contributed by atoms with E-state index in [0.29, 0.717) is 6.54 Å². The smallest absolute Gasteiger partial charge is 0.271 e. The fraction of sp³-hybridized carbons (Fsp3) is 0.250. The van der Waals surface area contributed by atoms with E-state index in [0.717, 1.165) is 27.8 Å². The van der Waals surface area contributed by atoms with Gasteiger partial charge in [-0.25, -0.2) is 4.98 Å². The summed E-state index contributed by atoms with van der Waals surface area (Å²) in [5, 5.41) is 1.99. The number of fused-ring (bicyclic) bond motifs is 1. The van der Waals surface area contributed by atoms with E-state index in [1.54, 1.807) is 10.9 Å². The van der Waals surface area contributed by atoms with Crippen LogP contribution in [0.3, 0.4) is 0 Å². The van der Waals surface area contributed by atoms with Gasteiger partial charge in [0.15, 0.2) is 0 Å². The van der Waals surface area contributed by atoms with Crippen molar-refractivity contribution in [2.75, 3.05) is 0 Å². The number of benzene rings is 1. The van der Waals surface area contributed by atoms with Crippen molar-refractivity contribution < 1.29 is 0 Å². The molecule has 3 aromatic rings. The summed E-state index contributed by atoms with van der Waals surface area (Å²) in [6.07, 6.45) is 2.68. The maximum absolute atomic E-state index is 12.4. The van der Waals surface area contributed by atoms with Gasteiger partial charge in [0.25, 0.3) is 5.56 Å².